The van der Waals surface area contributed by atoms with Crippen LogP contribution in [0, 0.1) is 13.8 Å². The highest BCUT2D eigenvalue weighted by atomic mass is 15.4. The first-order chi connectivity index (χ1) is 12.3. The minimum atomic E-state index is 0.498. The van der Waals surface area contributed by atoms with E-state index in [0.29, 0.717) is 11.8 Å². The first-order valence-electron chi connectivity index (χ1n) is 9.59. The first-order valence-corrected chi connectivity index (χ1v) is 9.59. The van der Waals surface area contributed by atoms with E-state index in [9.17, 15) is 0 Å². The zero-order valence-electron chi connectivity index (χ0n) is 17.2. The van der Waals surface area contributed by atoms with Gasteiger partial charge < -0.3 is 0 Å². The van der Waals surface area contributed by atoms with Gasteiger partial charge in [-0.1, -0.05) is 58.0 Å². The van der Waals surface area contributed by atoms with Crippen molar-refractivity contribution in [1.82, 2.24) is 4.68 Å². The molecule has 0 radical (unpaired) electrons. The molecule has 0 aliphatic rings. The van der Waals surface area contributed by atoms with Crippen molar-refractivity contribution >= 4 is 0 Å². The van der Waals surface area contributed by atoms with Gasteiger partial charge in [0.1, 0.15) is 5.69 Å². The normalized spacial score (nSPS) is 11.6. The molecule has 0 N–H and O–H groups in total. The van der Waals surface area contributed by atoms with Crippen molar-refractivity contribution in [3.8, 4) is 16.8 Å². The summed E-state index contributed by atoms with van der Waals surface area (Å²) < 4.78 is 4.46. The molecule has 136 valence electrons. The van der Waals surface area contributed by atoms with Gasteiger partial charge in [0.05, 0.1) is 11.8 Å². The molecule has 3 rings (SSSR count). The average molecular weight is 348 g/mol. The Kier molecular flexibility index (Phi) is 5.04. The second-order valence-corrected chi connectivity index (χ2v) is 7.97. The van der Waals surface area contributed by atoms with Crippen molar-refractivity contribution in [2.75, 3.05) is 0 Å². The van der Waals surface area contributed by atoms with Crippen LogP contribution in [-0.4, -0.2) is 4.68 Å². The van der Waals surface area contributed by atoms with Gasteiger partial charge in [-0.2, -0.15) is 0 Å². The number of rotatable bonds is 4. The molecule has 1 aromatic heterocycles. The van der Waals surface area contributed by atoms with Crippen LogP contribution in [0.15, 0.2) is 48.8 Å². The maximum absolute atomic E-state index is 2.29. The Morgan fingerprint density at radius 2 is 1.42 bits per heavy atom. The van der Waals surface area contributed by atoms with Gasteiger partial charge in [-0.15, -0.1) is 9.36 Å². The summed E-state index contributed by atoms with van der Waals surface area (Å²) in [5.74, 6) is 0.996. The summed E-state index contributed by atoms with van der Waals surface area (Å²) in [6.45, 7) is 13.5. The predicted molar refractivity (Wildman–Crippen MR) is 110 cm³/mol. The van der Waals surface area contributed by atoms with Crippen molar-refractivity contribution in [3.63, 3.8) is 0 Å². The van der Waals surface area contributed by atoms with Crippen LogP contribution in [0.1, 0.15) is 61.8 Å². The van der Waals surface area contributed by atoms with Crippen LogP contribution >= 0.6 is 0 Å². The molecule has 0 aliphatic heterocycles. The molecule has 3 aromatic rings. The van der Waals surface area contributed by atoms with Gasteiger partial charge in [-0.05, 0) is 59.6 Å². The van der Waals surface area contributed by atoms with Gasteiger partial charge in [0.2, 0.25) is 6.20 Å². The van der Waals surface area contributed by atoms with Crippen LogP contribution in [0.2, 0.25) is 0 Å². The lowest BCUT2D eigenvalue weighted by molar-refractivity contribution is -0.744. The van der Waals surface area contributed by atoms with E-state index in [-0.39, 0.29) is 0 Å². The molecular weight excluding hydrogens is 316 g/mol. The highest BCUT2D eigenvalue weighted by Crippen LogP contribution is 2.36. The third-order valence-corrected chi connectivity index (χ3v) is 5.41. The summed E-state index contributed by atoms with van der Waals surface area (Å²) >= 11 is 0. The quantitative estimate of drug-likeness (QED) is 0.525. The molecule has 1 heterocycles. The molecule has 0 aliphatic carbocycles. The highest BCUT2D eigenvalue weighted by molar-refractivity contribution is 5.71. The second kappa shape index (κ2) is 7.11. The average Bonchev–Trinajstić information content (AvgIpc) is 2.97. The Morgan fingerprint density at radius 1 is 0.846 bits per heavy atom. The Labute approximate surface area is 158 Å². The summed E-state index contributed by atoms with van der Waals surface area (Å²) in [6.07, 6.45) is 4.55. The maximum Gasteiger partial charge on any atom is 0.203 e. The Bertz CT molecular complexity index is 903. The predicted octanol–water partition coefficient (Wildman–Crippen LogP) is 5.83. The van der Waals surface area contributed by atoms with E-state index in [1.165, 1.54) is 39.1 Å². The molecule has 26 heavy (non-hydrogen) atoms. The fourth-order valence-electron chi connectivity index (χ4n) is 3.76. The molecule has 2 aromatic carbocycles. The molecule has 0 bridgehead atoms. The van der Waals surface area contributed by atoms with Crippen LogP contribution in [-0.2, 0) is 7.05 Å². The Morgan fingerprint density at radius 3 is 2.00 bits per heavy atom. The third-order valence-electron chi connectivity index (χ3n) is 5.41. The largest absolute Gasteiger partial charge is 0.203 e. The van der Waals surface area contributed by atoms with Crippen LogP contribution < -0.4 is 4.68 Å². The van der Waals surface area contributed by atoms with Gasteiger partial charge in [-0.3, -0.25) is 0 Å². The molecule has 0 atom stereocenters. The molecule has 0 fully saturated rings. The van der Waals surface area contributed by atoms with Gasteiger partial charge in [0.15, 0.2) is 7.05 Å². The molecule has 0 amide bonds. The van der Waals surface area contributed by atoms with Crippen LogP contribution in [0.3, 0.4) is 0 Å². The summed E-state index contributed by atoms with van der Waals surface area (Å²) in [5.41, 5.74) is 9.44. The number of hydrogen-bond donors (Lipinski definition) is 0. The number of nitrogens with zero attached hydrogens (tertiary/aromatic N) is 2. The summed E-state index contributed by atoms with van der Waals surface area (Å²) in [6, 6.07) is 13.3. The minimum absolute atomic E-state index is 0.498. The molecule has 2 nitrogen and oxygen atoms in total. The van der Waals surface area contributed by atoms with E-state index in [0.717, 1.165) is 0 Å². The number of benzene rings is 2. The Hall–Kier alpha value is -2.35. The van der Waals surface area contributed by atoms with E-state index in [1.54, 1.807) is 0 Å². The standard InChI is InChI=1S/C24H31N2/c1-16(2)21-11-9-12-22(17(3)4)24(21)20-14-25(7)26(15-20)23-13-8-10-18(5)19(23)6/h8-17H,1-7H3/q+1. The third kappa shape index (κ3) is 3.21. The molecule has 0 unspecified atom stereocenters. The number of hydrogen-bond acceptors (Lipinski definition) is 0. The first kappa shape index (κ1) is 18.4. The minimum Gasteiger partial charge on any atom is -0.128 e. The highest BCUT2D eigenvalue weighted by Gasteiger charge is 2.21. The zero-order valence-corrected chi connectivity index (χ0v) is 17.2. The molecule has 0 spiro atoms. The van der Waals surface area contributed by atoms with Crippen LogP contribution in [0.5, 0.6) is 0 Å². The van der Waals surface area contributed by atoms with Crippen molar-refractivity contribution in [2.45, 2.75) is 53.4 Å². The van der Waals surface area contributed by atoms with Gasteiger partial charge in [0, 0.05) is 0 Å². The van der Waals surface area contributed by atoms with Crippen molar-refractivity contribution < 1.29 is 4.68 Å². The second-order valence-electron chi connectivity index (χ2n) is 7.97. The lowest BCUT2D eigenvalue weighted by Gasteiger charge is -2.18. The van der Waals surface area contributed by atoms with Gasteiger partial charge in [-0.25, -0.2) is 0 Å². The van der Waals surface area contributed by atoms with E-state index < -0.39 is 0 Å². The molecule has 0 saturated heterocycles. The fraction of sp³-hybridized carbons (Fsp3) is 0.375. The fourth-order valence-corrected chi connectivity index (χ4v) is 3.76. The van der Waals surface area contributed by atoms with Gasteiger partial charge >= 0.3 is 0 Å². The monoisotopic (exact) mass is 347 g/mol. The van der Waals surface area contributed by atoms with E-state index >= 15 is 0 Å². The summed E-state index contributed by atoms with van der Waals surface area (Å²) in [4.78, 5) is 0. The SMILES string of the molecule is Cc1cccc(-n2cc(-c3c(C(C)C)cccc3C(C)C)c[n+]2C)c1C. The van der Waals surface area contributed by atoms with Crippen molar-refractivity contribution in [1.29, 1.82) is 0 Å². The molecular formula is C24H31N2+. The molecule has 0 saturated carbocycles. The topological polar surface area (TPSA) is 8.81 Å². The van der Waals surface area contributed by atoms with Crippen molar-refractivity contribution in [2.24, 2.45) is 7.05 Å². The zero-order chi connectivity index (χ0) is 19.0. The van der Waals surface area contributed by atoms with Crippen LogP contribution in [0.4, 0.5) is 0 Å². The van der Waals surface area contributed by atoms with E-state index in [1.807, 2.05) is 0 Å². The Balaban J connectivity index is 2.23. The lowest BCUT2D eigenvalue weighted by atomic mass is 9.86. The van der Waals surface area contributed by atoms with E-state index in [2.05, 4.69) is 107 Å². The van der Waals surface area contributed by atoms with E-state index in [4.69, 9.17) is 0 Å². The van der Waals surface area contributed by atoms with Gasteiger partial charge in [0.25, 0.3) is 0 Å². The lowest BCUT2D eigenvalue weighted by Crippen LogP contribution is -2.37. The summed E-state index contributed by atoms with van der Waals surface area (Å²) in [7, 11) is 2.12. The summed E-state index contributed by atoms with van der Waals surface area (Å²) in [5, 5.41) is 0. The van der Waals surface area contributed by atoms with Crippen LogP contribution in [0.25, 0.3) is 16.8 Å². The van der Waals surface area contributed by atoms with Crippen molar-refractivity contribution in [3.05, 3.63) is 71.0 Å². The number of aromatic nitrogens is 2. The maximum atomic E-state index is 2.29. The molecule has 2 heteroatoms. The smallest absolute Gasteiger partial charge is 0.128 e. The number of aryl methyl sites for hydroxylation is 2.